The van der Waals surface area contributed by atoms with Gasteiger partial charge in [0.1, 0.15) is 11.5 Å². The van der Waals surface area contributed by atoms with E-state index in [1.807, 2.05) is 6.08 Å². The molecule has 0 aromatic rings. The largest absolute Gasteiger partial charge is 0.509 e. The second-order valence-corrected chi connectivity index (χ2v) is 5.91. The Labute approximate surface area is 141 Å². The highest BCUT2D eigenvalue weighted by Crippen LogP contribution is 2.14. The Kier molecular flexibility index (Phi) is 14.5. The Bertz CT molecular complexity index is 358. The molecule has 23 heavy (non-hydrogen) atoms. The number of hydrogen-bond acceptors (Lipinski definition) is 4. The summed E-state index contributed by atoms with van der Waals surface area (Å²) in [5.41, 5.74) is 0. The molecule has 0 spiro atoms. The Morgan fingerprint density at radius 2 is 1.52 bits per heavy atom. The van der Waals surface area contributed by atoms with Crippen LogP contribution < -0.4 is 0 Å². The van der Waals surface area contributed by atoms with Crippen LogP contribution in [0.1, 0.15) is 84.0 Å². The predicted molar refractivity (Wildman–Crippen MR) is 94.5 cm³/mol. The van der Waals surface area contributed by atoms with E-state index in [1.54, 1.807) is 0 Å². The Balaban J connectivity index is 3.65. The van der Waals surface area contributed by atoms with Gasteiger partial charge in [0.05, 0.1) is 7.11 Å². The molecule has 0 heterocycles. The van der Waals surface area contributed by atoms with E-state index in [0.717, 1.165) is 38.5 Å². The maximum Gasteiger partial charge on any atom is 0.305 e. The topological polar surface area (TPSA) is 66.8 Å². The quantitative estimate of drug-likeness (QED) is 0.185. The van der Waals surface area contributed by atoms with Crippen LogP contribution in [-0.2, 0) is 9.53 Å². The van der Waals surface area contributed by atoms with Crippen LogP contribution in [0.4, 0.5) is 0 Å². The van der Waals surface area contributed by atoms with Crippen LogP contribution >= 0.6 is 0 Å². The van der Waals surface area contributed by atoms with Gasteiger partial charge in [-0.25, -0.2) is 0 Å². The minimum absolute atomic E-state index is 0.0856. The number of carbonyl (C=O) groups is 1. The zero-order valence-corrected chi connectivity index (χ0v) is 14.9. The van der Waals surface area contributed by atoms with E-state index < -0.39 is 0 Å². The van der Waals surface area contributed by atoms with Gasteiger partial charge < -0.3 is 14.9 Å². The van der Waals surface area contributed by atoms with E-state index in [1.165, 1.54) is 26.4 Å². The average molecular weight is 326 g/mol. The standard InChI is InChI=1S/C19H34O4/c1-3-4-5-6-8-11-14-17(20)18(21)15-12-9-7-10-13-16-19(22)23-2/h8,11,20-21H,3-7,9-10,12-16H2,1-2H3/b11-8-,18-17-. The molecule has 0 saturated carbocycles. The summed E-state index contributed by atoms with van der Waals surface area (Å²) in [5, 5.41) is 19.6. The number of hydrogen-bond donors (Lipinski definition) is 2. The van der Waals surface area contributed by atoms with Crippen molar-refractivity contribution in [3.63, 3.8) is 0 Å². The van der Waals surface area contributed by atoms with Crippen LogP contribution in [0.25, 0.3) is 0 Å². The SMILES string of the molecule is CCCCC/C=C\C/C(O)=C(/O)CCCCCCCC(=O)OC. The zero-order chi connectivity index (χ0) is 17.3. The van der Waals surface area contributed by atoms with E-state index in [0.29, 0.717) is 19.3 Å². The van der Waals surface area contributed by atoms with E-state index in [4.69, 9.17) is 0 Å². The molecule has 0 atom stereocenters. The molecule has 0 aliphatic carbocycles. The van der Waals surface area contributed by atoms with Gasteiger partial charge in [0, 0.05) is 19.3 Å². The number of ether oxygens (including phenoxy) is 1. The molecule has 0 aliphatic heterocycles. The first kappa shape index (κ1) is 21.6. The van der Waals surface area contributed by atoms with Gasteiger partial charge in [-0.1, -0.05) is 51.2 Å². The van der Waals surface area contributed by atoms with Gasteiger partial charge in [-0.3, -0.25) is 4.79 Å². The van der Waals surface area contributed by atoms with E-state index in [2.05, 4.69) is 17.7 Å². The molecule has 4 heteroatoms. The van der Waals surface area contributed by atoms with Crippen molar-refractivity contribution in [1.82, 2.24) is 0 Å². The number of aliphatic hydroxyl groups is 2. The second kappa shape index (κ2) is 15.4. The summed E-state index contributed by atoms with van der Waals surface area (Å²) in [6.07, 6.45) is 14.8. The van der Waals surface area contributed by atoms with E-state index in [9.17, 15) is 15.0 Å². The van der Waals surface area contributed by atoms with Crippen LogP contribution in [-0.4, -0.2) is 23.3 Å². The molecule has 0 saturated heterocycles. The van der Waals surface area contributed by atoms with Crippen LogP contribution in [0.3, 0.4) is 0 Å². The molecule has 0 unspecified atom stereocenters. The second-order valence-electron chi connectivity index (χ2n) is 5.91. The molecule has 0 rings (SSSR count). The fraction of sp³-hybridized carbons (Fsp3) is 0.737. The van der Waals surface area contributed by atoms with Crippen molar-refractivity contribution in [3.05, 3.63) is 23.7 Å². The third-order valence-corrected chi connectivity index (χ3v) is 3.81. The smallest absolute Gasteiger partial charge is 0.305 e. The fourth-order valence-corrected chi connectivity index (χ4v) is 2.28. The summed E-state index contributed by atoms with van der Waals surface area (Å²) in [7, 11) is 1.41. The van der Waals surface area contributed by atoms with Gasteiger partial charge >= 0.3 is 5.97 Å². The van der Waals surface area contributed by atoms with Gasteiger partial charge in [-0.15, -0.1) is 0 Å². The van der Waals surface area contributed by atoms with Gasteiger partial charge in [-0.2, -0.15) is 0 Å². The first-order valence-electron chi connectivity index (χ1n) is 8.93. The summed E-state index contributed by atoms with van der Waals surface area (Å²) in [4.78, 5) is 10.9. The van der Waals surface area contributed by atoms with E-state index >= 15 is 0 Å². The number of rotatable bonds is 14. The van der Waals surface area contributed by atoms with Crippen molar-refractivity contribution >= 4 is 5.97 Å². The van der Waals surface area contributed by atoms with Crippen molar-refractivity contribution in [1.29, 1.82) is 0 Å². The van der Waals surface area contributed by atoms with Crippen LogP contribution in [0, 0.1) is 0 Å². The molecule has 2 N–H and O–H groups in total. The van der Waals surface area contributed by atoms with Crippen molar-refractivity contribution in [2.45, 2.75) is 84.0 Å². The summed E-state index contributed by atoms with van der Waals surface area (Å²) in [6.45, 7) is 2.18. The number of unbranched alkanes of at least 4 members (excludes halogenated alkanes) is 7. The molecule has 0 fully saturated rings. The summed E-state index contributed by atoms with van der Waals surface area (Å²) in [6, 6.07) is 0. The molecule has 0 aromatic heterocycles. The number of methoxy groups -OCH3 is 1. The number of aliphatic hydroxyl groups excluding tert-OH is 2. The minimum Gasteiger partial charge on any atom is -0.509 e. The molecular formula is C19H34O4. The normalized spacial score (nSPS) is 12.4. The zero-order valence-electron chi connectivity index (χ0n) is 14.9. The fourth-order valence-electron chi connectivity index (χ4n) is 2.28. The van der Waals surface area contributed by atoms with Gasteiger partial charge in [-0.05, 0) is 25.7 Å². The Morgan fingerprint density at radius 1 is 0.870 bits per heavy atom. The average Bonchev–Trinajstić information content (AvgIpc) is 2.56. The first-order chi connectivity index (χ1) is 11.1. The van der Waals surface area contributed by atoms with E-state index in [-0.39, 0.29) is 17.5 Å². The Morgan fingerprint density at radius 3 is 2.17 bits per heavy atom. The highest BCUT2D eigenvalue weighted by Gasteiger charge is 2.03. The third kappa shape index (κ3) is 13.9. The summed E-state index contributed by atoms with van der Waals surface area (Å²) < 4.78 is 4.58. The van der Waals surface area contributed by atoms with Crippen LogP contribution in [0.5, 0.6) is 0 Å². The molecule has 0 amide bonds. The highest BCUT2D eigenvalue weighted by atomic mass is 16.5. The van der Waals surface area contributed by atoms with Gasteiger partial charge in [0.25, 0.3) is 0 Å². The molecule has 134 valence electrons. The van der Waals surface area contributed by atoms with Crippen molar-refractivity contribution in [2.75, 3.05) is 7.11 Å². The number of esters is 1. The summed E-state index contributed by atoms with van der Waals surface area (Å²) >= 11 is 0. The lowest BCUT2D eigenvalue weighted by Crippen LogP contribution is -1.99. The molecule has 0 bridgehead atoms. The van der Waals surface area contributed by atoms with Gasteiger partial charge in [0.15, 0.2) is 0 Å². The summed E-state index contributed by atoms with van der Waals surface area (Å²) in [5.74, 6) is 0.0402. The van der Waals surface area contributed by atoms with Crippen LogP contribution in [0.2, 0.25) is 0 Å². The maximum absolute atomic E-state index is 10.9. The lowest BCUT2D eigenvalue weighted by molar-refractivity contribution is -0.140. The maximum atomic E-state index is 10.9. The first-order valence-corrected chi connectivity index (χ1v) is 8.93. The molecular weight excluding hydrogens is 292 g/mol. The van der Waals surface area contributed by atoms with Crippen molar-refractivity contribution < 1.29 is 19.7 Å². The van der Waals surface area contributed by atoms with Crippen LogP contribution in [0.15, 0.2) is 23.7 Å². The molecule has 0 aromatic carbocycles. The molecule has 0 radical (unpaired) electrons. The minimum atomic E-state index is -0.154. The lowest BCUT2D eigenvalue weighted by atomic mass is 10.1. The third-order valence-electron chi connectivity index (χ3n) is 3.81. The molecule has 0 aliphatic rings. The van der Waals surface area contributed by atoms with Crippen molar-refractivity contribution in [2.24, 2.45) is 0 Å². The molecule has 4 nitrogen and oxygen atoms in total. The lowest BCUT2D eigenvalue weighted by Gasteiger charge is -2.04. The predicted octanol–water partition coefficient (Wildman–Crippen LogP) is 5.74. The van der Waals surface area contributed by atoms with Gasteiger partial charge in [0.2, 0.25) is 0 Å². The number of allylic oxidation sites excluding steroid dienone is 3. The number of carbonyl (C=O) groups excluding carboxylic acids is 1. The Hall–Kier alpha value is -1.45. The van der Waals surface area contributed by atoms with Crippen molar-refractivity contribution in [3.8, 4) is 0 Å². The monoisotopic (exact) mass is 326 g/mol. The highest BCUT2D eigenvalue weighted by molar-refractivity contribution is 5.68.